The van der Waals surface area contributed by atoms with Gasteiger partial charge in [-0.25, -0.2) is 0 Å². The molecule has 0 radical (unpaired) electrons. The fourth-order valence-corrected chi connectivity index (χ4v) is 4.30. The molecule has 1 saturated carbocycles. The average molecular weight is 257 g/mol. The molecule has 1 aromatic rings. The molecule has 2 atom stereocenters. The first-order chi connectivity index (χ1) is 9.03. The zero-order valence-corrected chi connectivity index (χ0v) is 11.9. The van der Waals surface area contributed by atoms with E-state index in [-0.39, 0.29) is 16.7 Å². The van der Waals surface area contributed by atoms with E-state index < -0.39 is 0 Å². The second-order valence-electron chi connectivity index (χ2n) is 6.88. The quantitative estimate of drug-likeness (QED) is 0.865. The Morgan fingerprint density at radius 1 is 1.21 bits per heavy atom. The van der Waals surface area contributed by atoms with E-state index >= 15 is 0 Å². The van der Waals surface area contributed by atoms with Gasteiger partial charge in [0.15, 0.2) is 0 Å². The molecule has 2 fully saturated rings. The molecular formula is C17H23NO. The normalized spacial score (nSPS) is 32.7. The van der Waals surface area contributed by atoms with Crippen molar-refractivity contribution in [1.82, 2.24) is 5.32 Å². The third-order valence-electron chi connectivity index (χ3n) is 5.53. The molecule has 0 bridgehead atoms. The molecule has 3 rings (SSSR count). The lowest BCUT2D eigenvalue weighted by molar-refractivity contribution is -0.120. The zero-order chi connectivity index (χ0) is 13.5. The summed E-state index contributed by atoms with van der Waals surface area (Å²) in [7, 11) is 0. The molecule has 1 heterocycles. The van der Waals surface area contributed by atoms with Crippen LogP contribution in [0.25, 0.3) is 0 Å². The summed E-state index contributed by atoms with van der Waals surface area (Å²) in [6.45, 7) is 4.69. The van der Waals surface area contributed by atoms with E-state index in [9.17, 15) is 4.79 Å². The van der Waals surface area contributed by atoms with E-state index in [1.807, 2.05) is 6.07 Å². The van der Waals surface area contributed by atoms with Crippen LogP contribution in [0.15, 0.2) is 30.3 Å². The molecule has 19 heavy (non-hydrogen) atoms. The summed E-state index contributed by atoms with van der Waals surface area (Å²) in [4.78, 5) is 12.0. The molecule has 2 heteroatoms. The van der Waals surface area contributed by atoms with Gasteiger partial charge >= 0.3 is 0 Å². The number of carbonyl (C=O) groups is 1. The van der Waals surface area contributed by atoms with Gasteiger partial charge in [0.25, 0.3) is 0 Å². The molecule has 102 valence electrons. The minimum Gasteiger partial charge on any atom is -0.352 e. The Labute approximate surface area is 115 Å². The molecule has 2 nitrogen and oxygen atoms in total. The van der Waals surface area contributed by atoms with Gasteiger partial charge in [0.1, 0.15) is 0 Å². The van der Waals surface area contributed by atoms with E-state index in [1.165, 1.54) is 24.8 Å². The van der Waals surface area contributed by atoms with Crippen molar-refractivity contribution in [2.45, 2.75) is 52.0 Å². The van der Waals surface area contributed by atoms with Crippen LogP contribution in [0.2, 0.25) is 0 Å². The van der Waals surface area contributed by atoms with Crippen LogP contribution >= 0.6 is 0 Å². The monoisotopic (exact) mass is 257 g/mol. The van der Waals surface area contributed by atoms with Crippen LogP contribution in [0.5, 0.6) is 0 Å². The van der Waals surface area contributed by atoms with Crippen molar-refractivity contribution < 1.29 is 4.79 Å². The number of hydrogen-bond donors (Lipinski definition) is 1. The van der Waals surface area contributed by atoms with Gasteiger partial charge in [0.05, 0.1) is 0 Å². The standard InChI is InChI=1S/C17H23NO/c1-16(2)9-6-10-17(16)12-15(19)18-14(17)11-13-7-4-3-5-8-13/h3-5,7-8,14H,6,9-12H2,1-2H3,(H,18,19). The van der Waals surface area contributed by atoms with E-state index in [1.54, 1.807) is 0 Å². The maximum atomic E-state index is 12.0. The van der Waals surface area contributed by atoms with Gasteiger partial charge in [-0.05, 0) is 30.2 Å². The van der Waals surface area contributed by atoms with Gasteiger partial charge < -0.3 is 5.32 Å². The van der Waals surface area contributed by atoms with Gasteiger partial charge in [0, 0.05) is 17.9 Å². The number of hydrogen-bond acceptors (Lipinski definition) is 1. The van der Waals surface area contributed by atoms with Crippen LogP contribution in [0.4, 0.5) is 0 Å². The summed E-state index contributed by atoms with van der Waals surface area (Å²) in [5.74, 6) is 0.246. The van der Waals surface area contributed by atoms with Gasteiger partial charge in [-0.15, -0.1) is 0 Å². The largest absolute Gasteiger partial charge is 0.352 e. The Balaban J connectivity index is 1.89. The summed E-state index contributed by atoms with van der Waals surface area (Å²) in [6, 6.07) is 10.9. The molecule has 2 unspecified atom stereocenters. The van der Waals surface area contributed by atoms with Crippen LogP contribution in [-0.2, 0) is 11.2 Å². The average Bonchev–Trinajstić information content (AvgIpc) is 2.83. The molecule has 2 aliphatic rings. The van der Waals surface area contributed by atoms with Gasteiger partial charge in [-0.3, -0.25) is 4.79 Å². The van der Waals surface area contributed by atoms with Crippen molar-refractivity contribution >= 4 is 5.91 Å². The maximum absolute atomic E-state index is 12.0. The van der Waals surface area contributed by atoms with Gasteiger partial charge in [-0.2, -0.15) is 0 Å². The Kier molecular flexibility index (Phi) is 2.92. The minimum atomic E-state index is 0.167. The molecule has 1 aliphatic carbocycles. The first-order valence-electron chi connectivity index (χ1n) is 7.37. The van der Waals surface area contributed by atoms with Crippen molar-refractivity contribution in [3.05, 3.63) is 35.9 Å². The Morgan fingerprint density at radius 2 is 1.95 bits per heavy atom. The Hall–Kier alpha value is -1.31. The first kappa shape index (κ1) is 12.7. The van der Waals surface area contributed by atoms with Crippen LogP contribution < -0.4 is 5.32 Å². The third-order valence-corrected chi connectivity index (χ3v) is 5.53. The Morgan fingerprint density at radius 3 is 2.58 bits per heavy atom. The minimum absolute atomic E-state index is 0.167. The smallest absolute Gasteiger partial charge is 0.220 e. The molecule has 1 saturated heterocycles. The number of carbonyl (C=O) groups excluding carboxylic acids is 1. The summed E-state index contributed by atoms with van der Waals surface area (Å²) < 4.78 is 0. The molecule has 1 amide bonds. The molecule has 1 spiro atoms. The second kappa shape index (κ2) is 4.36. The molecular weight excluding hydrogens is 234 g/mol. The van der Waals surface area contributed by atoms with E-state index in [0.717, 1.165) is 12.8 Å². The van der Waals surface area contributed by atoms with Gasteiger partial charge in [0.2, 0.25) is 5.91 Å². The number of rotatable bonds is 2. The van der Waals surface area contributed by atoms with Crippen LogP contribution in [0.3, 0.4) is 0 Å². The molecule has 1 N–H and O–H groups in total. The lowest BCUT2D eigenvalue weighted by atomic mass is 9.62. The summed E-state index contributed by atoms with van der Waals surface area (Å²) >= 11 is 0. The van der Waals surface area contributed by atoms with Crippen LogP contribution in [0, 0.1) is 10.8 Å². The molecule has 0 aromatic heterocycles. The predicted octanol–water partition coefficient (Wildman–Crippen LogP) is 3.31. The second-order valence-corrected chi connectivity index (χ2v) is 6.88. The van der Waals surface area contributed by atoms with Gasteiger partial charge in [-0.1, -0.05) is 50.6 Å². The highest BCUT2D eigenvalue weighted by Gasteiger charge is 2.57. The van der Waals surface area contributed by atoms with Crippen LogP contribution in [-0.4, -0.2) is 11.9 Å². The van der Waals surface area contributed by atoms with Crippen LogP contribution in [0.1, 0.15) is 45.1 Å². The maximum Gasteiger partial charge on any atom is 0.220 e. The number of benzene rings is 1. The SMILES string of the molecule is CC1(C)CCCC12CC(=O)NC2Cc1ccccc1. The predicted molar refractivity (Wildman–Crippen MR) is 76.8 cm³/mol. The van der Waals surface area contributed by atoms with Crippen molar-refractivity contribution in [3.8, 4) is 0 Å². The highest BCUT2D eigenvalue weighted by Crippen LogP contribution is 2.59. The lowest BCUT2D eigenvalue weighted by Gasteiger charge is -2.42. The van der Waals surface area contributed by atoms with Crippen molar-refractivity contribution in [2.75, 3.05) is 0 Å². The van der Waals surface area contributed by atoms with Crippen molar-refractivity contribution in [3.63, 3.8) is 0 Å². The highest BCUT2D eigenvalue weighted by molar-refractivity contribution is 5.80. The molecule has 1 aromatic carbocycles. The summed E-state index contributed by atoms with van der Waals surface area (Å²) in [5, 5.41) is 3.25. The van der Waals surface area contributed by atoms with Crippen molar-refractivity contribution in [2.24, 2.45) is 10.8 Å². The topological polar surface area (TPSA) is 29.1 Å². The first-order valence-corrected chi connectivity index (χ1v) is 7.37. The number of nitrogens with one attached hydrogen (secondary N) is 1. The fraction of sp³-hybridized carbons (Fsp3) is 0.588. The summed E-state index contributed by atoms with van der Waals surface area (Å²) in [5.41, 5.74) is 1.77. The zero-order valence-electron chi connectivity index (χ0n) is 11.9. The Bertz CT molecular complexity index is 479. The van der Waals surface area contributed by atoms with E-state index in [2.05, 4.69) is 43.4 Å². The fourth-order valence-electron chi connectivity index (χ4n) is 4.30. The lowest BCUT2D eigenvalue weighted by Crippen LogP contribution is -2.45. The van der Waals surface area contributed by atoms with E-state index in [0.29, 0.717) is 6.04 Å². The highest BCUT2D eigenvalue weighted by atomic mass is 16.2. The third kappa shape index (κ3) is 1.98. The van der Waals surface area contributed by atoms with Crippen molar-refractivity contribution in [1.29, 1.82) is 0 Å². The number of amides is 1. The van der Waals surface area contributed by atoms with E-state index in [4.69, 9.17) is 0 Å². The molecule has 1 aliphatic heterocycles. The summed E-state index contributed by atoms with van der Waals surface area (Å²) in [6.07, 6.45) is 5.38.